The van der Waals surface area contributed by atoms with Crippen LogP contribution in [0.3, 0.4) is 0 Å². The van der Waals surface area contributed by atoms with Crippen molar-refractivity contribution in [2.75, 3.05) is 17.7 Å². The van der Waals surface area contributed by atoms with Gasteiger partial charge in [-0.15, -0.1) is 0 Å². The van der Waals surface area contributed by atoms with Crippen LogP contribution >= 0.6 is 27.5 Å². The van der Waals surface area contributed by atoms with E-state index in [4.69, 9.17) is 22.2 Å². The van der Waals surface area contributed by atoms with Gasteiger partial charge in [0.2, 0.25) is 0 Å². The van der Waals surface area contributed by atoms with Gasteiger partial charge in [0.15, 0.2) is 5.78 Å². The number of Topliss-reactive ketones (excluding diaryl/α,β-unsaturated/α-hetero) is 1. The van der Waals surface area contributed by atoms with E-state index in [0.717, 1.165) is 21.5 Å². The molecule has 0 saturated heterocycles. The molecule has 0 aliphatic carbocycles. The Bertz CT molecular complexity index is 1090. The maximum Gasteiger partial charge on any atom is 0.333 e. The van der Waals surface area contributed by atoms with Crippen LogP contribution < -0.4 is 26.6 Å². The van der Waals surface area contributed by atoms with Crippen LogP contribution in [-0.4, -0.2) is 18.9 Å². The topological polar surface area (TPSA) is 105 Å². The lowest BCUT2D eigenvalue weighted by atomic mass is 9.92. The predicted molar refractivity (Wildman–Crippen MR) is 130 cm³/mol. The Kier molecular flexibility index (Phi) is 8.10. The minimum Gasteiger partial charge on any atom is -0.497 e. The highest BCUT2D eigenvalue weighted by atomic mass is 79.9. The van der Waals surface area contributed by atoms with Crippen LogP contribution in [0.15, 0.2) is 71.2 Å². The lowest BCUT2D eigenvalue weighted by Crippen LogP contribution is -2.34. The minimum absolute atomic E-state index is 0.0120. The number of hydrazine groups is 1. The Morgan fingerprint density at radius 2 is 1.81 bits per heavy atom. The number of hydrogen-bond donors (Lipinski definition) is 4. The number of hydrogen-bond acceptors (Lipinski definition) is 5. The van der Waals surface area contributed by atoms with Crippen molar-refractivity contribution in [3.8, 4) is 5.75 Å². The largest absolute Gasteiger partial charge is 0.497 e. The number of carbonyl (C=O) groups excluding carboxylic acids is 2. The highest BCUT2D eigenvalue weighted by molar-refractivity contribution is 9.10. The number of rotatable bonds is 3. The second kappa shape index (κ2) is 11.0. The van der Waals surface area contributed by atoms with Crippen molar-refractivity contribution < 1.29 is 14.3 Å². The summed E-state index contributed by atoms with van der Waals surface area (Å²) in [4.78, 5) is 22.9. The van der Waals surface area contributed by atoms with E-state index in [-0.39, 0.29) is 11.8 Å². The zero-order valence-corrected chi connectivity index (χ0v) is 19.5. The summed E-state index contributed by atoms with van der Waals surface area (Å²) in [6.45, 7) is 0. The van der Waals surface area contributed by atoms with Crippen molar-refractivity contribution in [3.63, 3.8) is 0 Å². The van der Waals surface area contributed by atoms with Crippen molar-refractivity contribution in [1.29, 1.82) is 0 Å². The molecule has 1 aliphatic rings. The molecule has 3 aromatic carbocycles. The van der Waals surface area contributed by atoms with Gasteiger partial charge in [-0.2, -0.15) is 0 Å². The molecule has 9 heteroatoms. The smallest absolute Gasteiger partial charge is 0.333 e. The van der Waals surface area contributed by atoms with E-state index >= 15 is 0 Å². The minimum atomic E-state index is -0.433. The summed E-state index contributed by atoms with van der Waals surface area (Å²) < 4.78 is 6.10. The average molecular weight is 518 g/mol. The first-order chi connectivity index (χ1) is 15.4. The van der Waals surface area contributed by atoms with Gasteiger partial charge in [0.05, 0.1) is 13.2 Å². The standard InChI is InChI=1S/C16H14ClNO2.C7H8BrN3O/c1-20-12-5-2-10(3-6-12)15-9-16(19)13-8-11(17)4-7-14(13)18-15;8-5-1-3-6(4-2-5)10-7(12)11-9/h2-8,15,18H,9H2,1H3;1-4H,9H2,(H2,10,11,12). The summed E-state index contributed by atoms with van der Waals surface area (Å²) >= 11 is 9.21. The first kappa shape index (κ1) is 23.6. The summed E-state index contributed by atoms with van der Waals surface area (Å²) in [6.07, 6.45) is 0.430. The Hall–Kier alpha value is -3.07. The lowest BCUT2D eigenvalue weighted by Gasteiger charge is -2.26. The number of anilines is 2. The van der Waals surface area contributed by atoms with Crippen molar-refractivity contribution >= 4 is 50.7 Å². The van der Waals surface area contributed by atoms with Gasteiger partial charge in [0.1, 0.15) is 5.75 Å². The normalized spacial score (nSPS) is 14.2. The molecule has 4 rings (SSSR count). The molecule has 5 N–H and O–H groups in total. The third kappa shape index (κ3) is 6.23. The molecular weight excluding hydrogens is 496 g/mol. The maximum atomic E-state index is 12.2. The van der Waals surface area contributed by atoms with Crippen LogP contribution in [0.4, 0.5) is 16.2 Å². The molecule has 32 heavy (non-hydrogen) atoms. The molecule has 0 bridgehead atoms. The zero-order chi connectivity index (χ0) is 23.1. The van der Waals surface area contributed by atoms with Gasteiger partial charge in [0.25, 0.3) is 0 Å². The SMILES string of the molecule is COc1ccc(C2CC(=O)c3cc(Cl)ccc3N2)cc1.NNC(=O)Nc1ccc(Br)cc1. The highest BCUT2D eigenvalue weighted by Gasteiger charge is 2.25. The predicted octanol–water partition coefficient (Wildman–Crippen LogP) is 5.53. The average Bonchev–Trinajstić information content (AvgIpc) is 2.81. The van der Waals surface area contributed by atoms with E-state index in [0.29, 0.717) is 22.7 Å². The third-order valence-electron chi connectivity index (χ3n) is 4.75. The molecule has 2 amide bonds. The third-order valence-corrected chi connectivity index (χ3v) is 5.52. The molecule has 7 nitrogen and oxygen atoms in total. The van der Waals surface area contributed by atoms with Gasteiger partial charge in [0, 0.05) is 32.9 Å². The number of methoxy groups -OCH3 is 1. The fourth-order valence-electron chi connectivity index (χ4n) is 3.14. The monoisotopic (exact) mass is 516 g/mol. The number of carbonyl (C=O) groups is 2. The van der Waals surface area contributed by atoms with Crippen molar-refractivity contribution in [2.45, 2.75) is 12.5 Å². The Morgan fingerprint density at radius 1 is 1.12 bits per heavy atom. The molecule has 0 spiro atoms. The fraction of sp³-hybridized carbons (Fsp3) is 0.130. The molecule has 0 aromatic heterocycles. The van der Waals surface area contributed by atoms with Crippen LogP contribution in [0.5, 0.6) is 5.75 Å². The maximum absolute atomic E-state index is 12.2. The lowest BCUT2D eigenvalue weighted by molar-refractivity contribution is 0.0972. The first-order valence-electron chi connectivity index (χ1n) is 9.66. The van der Waals surface area contributed by atoms with E-state index in [1.807, 2.05) is 47.9 Å². The first-order valence-corrected chi connectivity index (χ1v) is 10.8. The number of fused-ring (bicyclic) bond motifs is 1. The molecule has 1 heterocycles. The fourth-order valence-corrected chi connectivity index (χ4v) is 3.58. The van der Waals surface area contributed by atoms with Gasteiger partial charge < -0.3 is 15.4 Å². The van der Waals surface area contributed by atoms with Crippen LogP contribution in [0.25, 0.3) is 0 Å². The summed E-state index contributed by atoms with van der Waals surface area (Å²) in [5.41, 5.74) is 5.24. The molecule has 1 unspecified atom stereocenters. The Morgan fingerprint density at radius 3 is 2.44 bits per heavy atom. The van der Waals surface area contributed by atoms with Gasteiger partial charge in [-0.3, -0.25) is 10.2 Å². The van der Waals surface area contributed by atoms with Gasteiger partial charge >= 0.3 is 6.03 Å². The molecule has 0 saturated carbocycles. The number of benzene rings is 3. The molecule has 3 aromatic rings. The molecule has 1 atom stereocenters. The number of nitrogens with two attached hydrogens (primary N) is 1. The summed E-state index contributed by atoms with van der Waals surface area (Å²) in [5.74, 6) is 5.80. The molecule has 0 radical (unpaired) electrons. The second-order valence-corrected chi connectivity index (χ2v) is 8.24. The number of urea groups is 1. The molecule has 166 valence electrons. The van der Waals surface area contributed by atoms with Gasteiger partial charge in [-0.1, -0.05) is 39.7 Å². The van der Waals surface area contributed by atoms with E-state index in [1.54, 1.807) is 31.4 Å². The zero-order valence-electron chi connectivity index (χ0n) is 17.2. The number of halogens is 2. The van der Waals surface area contributed by atoms with Crippen LogP contribution in [0.2, 0.25) is 5.02 Å². The number of nitrogens with one attached hydrogen (secondary N) is 3. The quantitative estimate of drug-likeness (QED) is 0.208. The second-order valence-electron chi connectivity index (χ2n) is 6.89. The molecular formula is C23H22BrClN4O3. The van der Waals surface area contributed by atoms with Gasteiger partial charge in [-0.05, 0) is 60.2 Å². The summed E-state index contributed by atoms with van der Waals surface area (Å²) in [6, 6.07) is 19.8. The van der Waals surface area contributed by atoms with Crippen LogP contribution in [0.1, 0.15) is 28.4 Å². The van der Waals surface area contributed by atoms with E-state index in [2.05, 4.69) is 26.6 Å². The summed E-state index contributed by atoms with van der Waals surface area (Å²) in [7, 11) is 1.64. The number of ether oxygens (including phenoxy) is 1. The summed E-state index contributed by atoms with van der Waals surface area (Å²) in [5, 5.41) is 6.50. The molecule has 0 fully saturated rings. The Labute approximate surface area is 199 Å². The van der Waals surface area contributed by atoms with Gasteiger partial charge in [-0.25, -0.2) is 10.6 Å². The number of amides is 2. The van der Waals surface area contributed by atoms with Crippen molar-refractivity contribution in [3.05, 3.63) is 87.4 Å². The molecule has 1 aliphatic heterocycles. The number of ketones is 1. The van der Waals surface area contributed by atoms with E-state index in [1.165, 1.54) is 0 Å². The van der Waals surface area contributed by atoms with E-state index < -0.39 is 6.03 Å². The van der Waals surface area contributed by atoms with Crippen molar-refractivity contribution in [2.24, 2.45) is 5.84 Å². The Balaban J connectivity index is 0.000000207. The highest BCUT2D eigenvalue weighted by Crippen LogP contribution is 2.34. The van der Waals surface area contributed by atoms with E-state index in [9.17, 15) is 9.59 Å². The van der Waals surface area contributed by atoms with Crippen LogP contribution in [-0.2, 0) is 0 Å². The van der Waals surface area contributed by atoms with Crippen molar-refractivity contribution in [1.82, 2.24) is 5.43 Å². The van der Waals surface area contributed by atoms with Crippen LogP contribution in [0, 0.1) is 0 Å².